The number of likely N-dealkylation sites (N-methyl/N-ethyl adjacent to an activating group) is 1. The molecule has 0 saturated carbocycles. The van der Waals surface area contributed by atoms with Gasteiger partial charge in [-0.05, 0) is 11.6 Å². The molecule has 0 aromatic heterocycles. The number of rotatable bonds is 5. The van der Waals surface area contributed by atoms with Crippen LogP contribution < -0.4 is 5.32 Å². The fourth-order valence-corrected chi connectivity index (χ4v) is 1.83. The number of benzene rings is 1. The lowest BCUT2D eigenvalue weighted by molar-refractivity contribution is -0.205. The molecule has 0 spiro atoms. The van der Waals surface area contributed by atoms with Crippen molar-refractivity contribution < 1.29 is 31.9 Å². The van der Waals surface area contributed by atoms with Gasteiger partial charge >= 0.3 is 12.2 Å². The number of hydrogen-bond donors (Lipinski definition) is 2. The second kappa shape index (κ2) is 7.58. The lowest BCUT2D eigenvalue weighted by Gasteiger charge is -2.23. The molecule has 0 radical (unpaired) electrons. The highest BCUT2D eigenvalue weighted by atomic mass is 19.4. The molecule has 0 heterocycles. The molecule has 2 N–H and O–H groups in total. The van der Waals surface area contributed by atoms with Gasteiger partial charge in [0.2, 0.25) is 0 Å². The predicted octanol–water partition coefficient (Wildman–Crippen LogP) is 2.63. The van der Waals surface area contributed by atoms with E-state index >= 15 is 0 Å². The van der Waals surface area contributed by atoms with Crippen LogP contribution in [0.1, 0.15) is 18.4 Å². The van der Waals surface area contributed by atoms with Gasteiger partial charge in [-0.25, -0.2) is 13.6 Å². The Bertz CT molecular complexity index is 550. The third kappa shape index (κ3) is 5.66. The van der Waals surface area contributed by atoms with Crippen molar-refractivity contribution in [2.45, 2.75) is 25.1 Å². The van der Waals surface area contributed by atoms with E-state index in [0.717, 1.165) is 13.1 Å². The second-order valence-electron chi connectivity index (χ2n) is 5.19. The van der Waals surface area contributed by atoms with Crippen molar-refractivity contribution in [3.05, 3.63) is 35.4 Å². The average Bonchev–Trinajstić information content (AvgIpc) is 2.43. The van der Waals surface area contributed by atoms with Crippen molar-refractivity contribution in [2.75, 3.05) is 20.1 Å². The number of carbonyl (C=O) groups excluding carboxylic acids is 1. The van der Waals surface area contributed by atoms with Gasteiger partial charge in [0.1, 0.15) is 11.6 Å². The molecule has 0 bridgehead atoms. The third-order valence-corrected chi connectivity index (χ3v) is 3.22. The largest absolute Gasteiger partial charge is 0.416 e. The minimum Gasteiger partial charge on any atom is -0.382 e. The molecule has 1 aromatic carbocycles. The first-order chi connectivity index (χ1) is 10.5. The van der Waals surface area contributed by atoms with Crippen LogP contribution in [-0.4, -0.2) is 48.5 Å². The zero-order valence-corrected chi connectivity index (χ0v) is 12.5. The highest BCUT2D eigenvalue weighted by Gasteiger charge is 2.39. The number of hydrogen-bond acceptors (Lipinski definition) is 2. The maximum absolute atomic E-state index is 13.6. The zero-order chi connectivity index (χ0) is 17.8. The van der Waals surface area contributed by atoms with Crippen LogP contribution in [0.15, 0.2) is 18.2 Å². The Kier molecular flexibility index (Phi) is 6.31. The van der Waals surface area contributed by atoms with E-state index in [1.165, 1.54) is 6.07 Å². The topological polar surface area (TPSA) is 52.6 Å². The summed E-state index contributed by atoms with van der Waals surface area (Å²) in [6.07, 6.45) is -7.47. The lowest BCUT2D eigenvalue weighted by Crippen LogP contribution is -2.46. The quantitative estimate of drug-likeness (QED) is 0.810. The Balaban J connectivity index is 2.55. The summed E-state index contributed by atoms with van der Waals surface area (Å²) in [7, 11) is 1.09. The molecule has 2 atom stereocenters. The molecule has 23 heavy (non-hydrogen) atoms. The number of nitrogens with zero attached hydrogens (tertiary/aromatic N) is 1. The van der Waals surface area contributed by atoms with Crippen molar-refractivity contribution in [3.8, 4) is 0 Å². The van der Waals surface area contributed by atoms with Crippen LogP contribution in [-0.2, 0) is 0 Å². The van der Waals surface area contributed by atoms with Gasteiger partial charge in [-0.2, -0.15) is 13.2 Å². The normalized spacial score (nSPS) is 14.3. The lowest BCUT2D eigenvalue weighted by atomic mass is 10.0. The smallest absolute Gasteiger partial charge is 0.382 e. The van der Waals surface area contributed by atoms with E-state index in [1.54, 1.807) is 6.92 Å². The Labute approximate surface area is 129 Å². The summed E-state index contributed by atoms with van der Waals surface area (Å²) in [5, 5.41) is 11.2. The Morgan fingerprint density at radius 1 is 1.35 bits per heavy atom. The number of aliphatic hydroxyl groups is 1. The van der Waals surface area contributed by atoms with Crippen molar-refractivity contribution in [3.63, 3.8) is 0 Å². The molecule has 9 heteroatoms. The zero-order valence-electron chi connectivity index (χ0n) is 12.5. The SMILES string of the molecule is C[C@H](CNC(=O)N(C)C[C@H](O)C(F)(F)F)c1ccc(F)cc1F. The molecule has 130 valence electrons. The van der Waals surface area contributed by atoms with Gasteiger partial charge in [0.05, 0.1) is 6.54 Å². The first kappa shape index (κ1) is 19.1. The minimum atomic E-state index is -4.82. The van der Waals surface area contributed by atoms with Crippen LogP contribution in [0.3, 0.4) is 0 Å². The van der Waals surface area contributed by atoms with Gasteiger partial charge in [0.15, 0.2) is 6.10 Å². The number of carbonyl (C=O) groups is 1. The van der Waals surface area contributed by atoms with Crippen LogP contribution >= 0.6 is 0 Å². The number of alkyl halides is 3. The van der Waals surface area contributed by atoms with E-state index in [0.29, 0.717) is 11.0 Å². The fraction of sp³-hybridized carbons (Fsp3) is 0.500. The van der Waals surface area contributed by atoms with Crippen molar-refractivity contribution in [2.24, 2.45) is 0 Å². The predicted molar refractivity (Wildman–Crippen MR) is 72.9 cm³/mol. The maximum atomic E-state index is 13.6. The molecule has 0 aliphatic heterocycles. The van der Waals surface area contributed by atoms with Crippen molar-refractivity contribution in [1.29, 1.82) is 0 Å². The van der Waals surface area contributed by atoms with Crippen LogP contribution in [0.5, 0.6) is 0 Å². The Morgan fingerprint density at radius 2 is 1.96 bits per heavy atom. The van der Waals surface area contributed by atoms with Gasteiger partial charge in [-0.1, -0.05) is 13.0 Å². The van der Waals surface area contributed by atoms with E-state index in [1.807, 2.05) is 0 Å². The molecule has 2 amide bonds. The summed E-state index contributed by atoms with van der Waals surface area (Å²) in [4.78, 5) is 12.3. The maximum Gasteiger partial charge on any atom is 0.416 e. The number of halogens is 5. The van der Waals surface area contributed by atoms with E-state index < -0.39 is 42.4 Å². The van der Waals surface area contributed by atoms with Gasteiger partial charge in [-0.15, -0.1) is 0 Å². The first-order valence-corrected chi connectivity index (χ1v) is 6.71. The molecular weight excluding hydrogens is 323 g/mol. The average molecular weight is 340 g/mol. The van der Waals surface area contributed by atoms with E-state index in [-0.39, 0.29) is 12.1 Å². The van der Waals surface area contributed by atoms with Gasteiger partial charge < -0.3 is 15.3 Å². The van der Waals surface area contributed by atoms with Crippen LogP contribution in [0.25, 0.3) is 0 Å². The van der Waals surface area contributed by atoms with Crippen LogP contribution in [0.4, 0.5) is 26.7 Å². The number of urea groups is 1. The Morgan fingerprint density at radius 3 is 2.48 bits per heavy atom. The molecule has 0 aliphatic rings. The number of nitrogens with one attached hydrogen (secondary N) is 1. The second-order valence-corrected chi connectivity index (χ2v) is 5.19. The highest BCUT2D eigenvalue weighted by Crippen LogP contribution is 2.21. The number of aliphatic hydroxyl groups excluding tert-OH is 1. The standard InChI is InChI=1S/C14H17F5N2O2/c1-8(10-4-3-9(15)5-11(10)16)6-20-13(23)21(2)7-12(22)14(17,18)19/h3-5,8,12,22H,6-7H2,1-2H3,(H,20,23)/t8-,12+/m1/s1. The van der Waals surface area contributed by atoms with E-state index in [2.05, 4.69) is 5.32 Å². The summed E-state index contributed by atoms with van der Waals surface area (Å²) in [5.74, 6) is -2.02. The number of amides is 2. The summed E-state index contributed by atoms with van der Waals surface area (Å²) >= 11 is 0. The molecule has 0 fully saturated rings. The van der Waals surface area contributed by atoms with Gasteiger partial charge in [0.25, 0.3) is 0 Å². The molecule has 0 unspecified atom stereocenters. The molecule has 0 saturated heterocycles. The van der Waals surface area contributed by atoms with Crippen LogP contribution in [0, 0.1) is 11.6 Å². The third-order valence-electron chi connectivity index (χ3n) is 3.22. The summed E-state index contributed by atoms with van der Waals surface area (Å²) < 4.78 is 63.0. The van der Waals surface area contributed by atoms with Gasteiger partial charge in [0, 0.05) is 25.6 Å². The van der Waals surface area contributed by atoms with E-state index in [4.69, 9.17) is 5.11 Å². The molecule has 1 aromatic rings. The Hall–Kier alpha value is -1.90. The molecule has 0 aliphatic carbocycles. The summed E-state index contributed by atoms with van der Waals surface area (Å²) in [5.41, 5.74) is 0.171. The summed E-state index contributed by atoms with van der Waals surface area (Å²) in [6.45, 7) is 0.587. The molecule has 1 rings (SSSR count). The monoisotopic (exact) mass is 340 g/mol. The highest BCUT2D eigenvalue weighted by molar-refractivity contribution is 5.73. The first-order valence-electron chi connectivity index (χ1n) is 6.71. The van der Waals surface area contributed by atoms with Crippen molar-refractivity contribution in [1.82, 2.24) is 10.2 Å². The van der Waals surface area contributed by atoms with E-state index in [9.17, 15) is 26.7 Å². The fourth-order valence-electron chi connectivity index (χ4n) is 1.83. The van der Waals surface area contributed by atoms with Crippen molar-refractivity contribution >= 4 is 6.03 Å². The summed E-state index contributed by atoms with van der Waals surface area (Å²) in [6, 6.07) is 2.17. The van der Waals surface area contributed by atoms with Gasteiger partial charge in [-0.3, -0.25) is 0 Å². The molecular formula is C14H17F5N2O2. The minimum absolute atomic E-state index is 0.0617. The molecule has 4 nitrogen and oxygen atoms in total. The van der Waals surface area contributed by atoms with Crippen LogP contribution in [0.2, 0.25) is 0 Å².